The fourth-order valence-electron chi connectivity index (χ4n) is 0.935. The third-order valence-corrected chi connectivity index (χ3v) is 3.03. The van der Waals surface area contributed by atoms with E-state index in [1.54, 1.807) is 6.08 Å². The smallest absolute Gasteiger partial charge is 0.212 e. The van der Waals surface area contributed by atoms with Gasteiger partial charge in [-0.25, -0.2) is 13.1 Å². The van der Waals surface area contributed by atoms with E-state index in [9.17, 15) is 8.42 Å². The Balaban J connectivity index is 4.03. The average Bonchev–Trinajstić information content (AvgIpc) is 1.81. The van der Waals surface area contributed by atoms with Crippen LogP contribution in [-0.4, -0.2) is 19.7 Å². The first-order chi connectivity index (χ1) is 5.77. The minimum atomic E-state index is -3.11. The number of hydrogen-bond donors (Lipinski definition) is 1. The normalized spacial score (nSPS) is 12.8. The minimum absolute atomic E-state index is 0.177. The Morgan fingerprint density at radius 3 is 2.31 bits per heavy atom. The summed E-state index contributed by atoms with van der Waals surface area (Å²) in [5.74, 6) is 0.177. The molecule has 0 rings (SSSR count). The molecule has 13 heavy (non-hydrogen) atoms. The topological polar surface area (TPSA) is 46.2 Å². The van der Waals surface area contributed by atoms with Gasteiger partial charge in [-0.2, -0.15) is 0 Å². The van der Waals surface area contributed by atoms with Crippen LogP contribution in [0, 0.1) is 0 Å². The second-order valence-electron chi connectivity index (χ2n) is 4.10. The van der Waals surface area contributed by atoms with Gasteiger partial charge in [0.1, 0.15) is 0 Å². The van der Waals surface area contributed by atoms with Crippen LogP contribution in [0.25, 0.3) is 0 Å². The third-order valence-electron chi connectivity index (χ3n) is 1.28. The Morgan fingerprint density at radius 1 is 1.38 bits per heavy atom. The molecule has 0 spiro atoms. The van der Waals surface area contributed by atoms with Crippen LogP contribution in [0.15, 0.2) is 12.7 Å². The average molecular weight is 205 g/mol. The molecule has 0 fully saturated rings. The molecule has 78 valence electrons. The number of hydrogen-bond acceptors (Lipinski definition) is 2. The lowest BCUT2D eigenvalue weighted by Gasteiger charge is -2.20. The summed E-state index contributed by atoms with van der Waals surface area (Å²) in [6, 6.07) is 0. The highest BCUT2D eigenvalue weighted by molar-refractivity contribution is 7.89. The molecule has 0 radical (unpaired) electrons. The van der Waals surface area contributed by atoms with Gasteiger partial charge in [0.25, 0.3) is 0 Å². The maximum atomic E-state index is 11.4. The summed E-state index contributed by atoms with van der Waals surface area (Å²) in [4.78, 5) is 0. The molecule has 0 heterocycles. The molecule has 0 bridgehead atoms. The monoisotopic (exact) mass is 205 g/mol. The lowest BCUT2D eigenvalue weighted by atomic mass is 10.1. The molecule has 0 aliphatic carbocycles. The van der Waals surface area contributed by atoms with Crippen LogP contribution in [0.2, 0.25) is 0 Å². The van der Waals surface area contributed by atoms with Crippen LogP contribution >= 0.6 is 0 Å². The predicted molar refractivity (Wildman–Crippen MR) is 56.1 cm³/mol. The van der Waals surface area contributed by atoms with E-state index in [-0.39, 0.29) is 11.3 Å². The summed E-state index contributed by atoms with van der Waals surface area (Å²) >= 11 is 0. The van der Waals surface area contributed by atoms with Crippen molar-refractivity contribution in [2.24, 2.45) is 0 Å². The highest BCUT2D eigenvalue weighted by Crippen LogP contribution is 2.04. The lowest BCUT2D eigenvalue weighted by Crippen LogP contribution is -2.41. The number of sulfonamides is 1. The molecule has 3 nitrogen and oxygen atoms in total. The number of nitrogens with one attached hydrogen (secondary N) is 1. The number of allylic oxidation sites excluding steroid dienone is 1. The van der Waals surface area contributed by atoms with Gasteiger partial charge in [-0.1, -0.05) is 6.08 Å². The summed E-state index contributed by atoms with van der Waals surface area (Å²) in [6.45, 7) is 9.03. The fourth-order valence-corrected chi connectivity index (χ4v) is 2.52. The molecule has 0 saturated carbocycles. The first-order valence-corrected chi connectivity index (χ1v) is 6.04. The van der Waals surface area contributed by atoms with Gasteiger partial charge < -0.3 is 0 Å². The largest absolute Gasteiger partial charge is 0.212 e. The van der Waals surface area contributed by atoms with Gasteiger partial charge in [0.2, 0.25) is 10.0 Å². The lowest BCUT2D eigenvalue weighted by molar-refractivity contribution is 0.490. The summed E-state index contributed by atoms with van der Waals surface area (Å²) in [5.41, 5.74) is -0.382. The van der Waals surface area contributed by atoms with Crippen molar-refractivity contribution in [1.29, 1.82) is 0 Å². The van der Waals surface area contributed by atoms with Crippen molar-refractivity contribution < 1.29 is 8.42 Å². The highest BCUT2D eigenvalue weighted by Gasteiger charge is 2.18. The Kier molecular flexibility index (Phi) is 4.64. The molecule has 0 unspecified atom stereocenters. The van der Waals surface area contributed by atoms with E-state index in [1.807, 2.05) is 20.8 Å². The Hall–Kier alpha value is -0.350. The van der Waals surface area contributed by atoms with Crippen LogP contribution < -0.4 is 4.72 Å². The van der Waals surface area contributed by atoms with Crippen molar-refractivity contribution >= 4 is 10.0 Å². The molecule has 0 aromatic rings. The highest BCUT2D eigenvalue weighted by atomic mass is 32.2. The second-order valence-corrected chi connectivity index (χ2v) is 5.94. The number of unbranched alkanes of at least 4 members (excludes halogenated alkanes) is 1. The zero-order valence-corrected chi connectivity index (χ0v) is 9.45. The first-order valence-electron chi connectivity index (χ1n) is 4.39. The zero-order valence-electron chi connectivity index (χ0n) is 8.63. The van der Waals surface area contributed by atoms with E-state index in [0.29, 0.717) is 6.42 Å². The molecule has 0 aromatic carbocycles. The van der Waals surface area contributed by atoms with Crippen molar-refractivity contribution in [2.45, 2.75) is 39.2 Å². The van der Waals surface area contributed by atoms with Gasteiger partial charge in [-0.3, -0.25) is 0 Å². The first kappa shape index (κ1) is 12.7. The summed E-state index contributed by atoms with van der Waals surface area (Å²) < 4.78 is 25.3. The quantitative estimate of drug-likeness (QED) is 0.548. The molecule has 0 aromatic heterocycles. The van der Waals surface area contributed by atoms with Gasteiger partial charge >= 0.3 is 0 Å². The van der Waals surface area contributed by atoms with E-state index in [1.165, 1.54) is 0 Å². The second kappa shape index (κ2) is 4.77. The molecule has 1 N–H and O–H groups in total. The molecule has 0 aliphatic heterocycles. The Bertz CT molecular complexity index is 249. The zero-order chi connectivity index (χ0) is 10.5. The van der Waals surface area contributed by atoms with Gasteiger partial charge in [0.15, 0.2) is 0 Å². The van der Waals surface area contributed by atoms with Crippen LogP contribution in [0.5, 0.6) is 0 Å². The van der Waals surface area contributed by atoms with E-state index in [0.717, 1.165) is 6.42 Å². The van der Waals surface area contributed by atoms with Crippen molar-refractivity contribution in [3.05, 3.63) is 12.7 Å². The molecule has 0 aliphatic rings. The predicted octanol–water partition coefficient (Wildman–Crippen LogP) is 1.67. The number of rotatable bonds is 5. The van der Waals surface area contributed by atoms with Gasteiger partial charge in [0.05, 0.1) is 5.75 Å². The van der Waals surface area contributed by atoms with E-state index >= 15 is 0 Å². The maximum Gasteiger partial charge on any atom is 0.212 e. The summed E-state index contributed by atoms with van der Waals surface area (Å²) in [6.07, 6.45) is 3.10. The standard InChI is InChI=1S/C9H19NO2S/c1-5-6-7-8-13(11,12)10-9(2,3)4/h5,10H,1,6-8H2,2-4H3. The van der Waals surface area contributed by atoms with Crippen LogP contribution in [-0.2, 0) is 10.0 Å². The molecule has 0 saturated heterocycles. The van der Waals surface area contributed by atoms with Crippen molar-refractivity contribution in [1.82, 2.24) is 4.72 Å². The van der Waals surface area contributed by atoms with Gasteiger partial charge in [-0.05, 0) is 33.6 Å². The van der Waals surface area contributed by atoms with Crippen molar-refractivity contribution in [3.8, 4) is 0 Å². The SMILES string of the molecule is C=CCCCS(=O)(=O)NC(C)(C)C. The summed E-state index contributed by atoms with van der Waals surface area (Å²) in [5, 5.41) is 0. The van der Waals surface area contributed by atoms with Crippen molar-refractivity contribution in [3.63, 3.8) is 0 Å². The summed E-state index contributed by atoms with van der Waals surface area (Å²) in [7, 11) is -3.11. The van der Waals surface area contributed by atoms with Crippen LogP contribution in [0.3, 0.4) is 0 Å². The van der Waals surface area contributed by atoms with E-state index in [2.05, 4.69) is 11.3 Å². The van der Waals surface area contributed by atoms with Gasteiger partial charge in [-0.15, -0.1) is 6.58 Å². The molecule has 0 atom stereocenters. The minimum Gasteiger partial charge on any atom is -0.212 e. The van der Waals surface area contributed by atoms with Crippen LogP contribution in [0.4, 0.5) is 0 Å². The molecule has 4 heteroatoms. The molecular weight excluding hydrogens is 186 g/mol. The van der Waals surface area contributed by atoms with Crippen molar-refractivity contribution in [2.75, 3.05) is 5.75 Å². The molecular formula is C9H19NO2S. The van der Waals surface area contributed by atoms with E-state index < -0.39 is 10.0 Å². The maximum absolute atomic E-state index is 11.4. The Morgan fingerprint density at radius 2 is 1.92 bits per heavy atom. The van der Waals surface area contributed by atoms with Crippen LogP contribution in [0.1, 0.15) is 33.6 Å². The van der Waals surface area contributed by atoms with Gasteiger partial charge in [0, 0.05) is 5.54 Å². The fraction of sp³-hybridized carbons (Fsp3) is 0.778. The third kappa shape index (κ3) is 7.99. The molecule has 0 amide bonds. The Labute approximate surface area is 81.3 Å². The van der Waals surface area contributed by atoms with E-state index in [4.69, 9.17) is 0 Å².